The number of carbonyl (C=O) groups is 1. The summed E-state index contributed by atoms with van der Waals surface area (Å²) in [4.78, 5) is 14.6. The Bertz CT molecular complexity index is 803. The van der Waals surface area contributed by atoms with Crippen LogP contribution in [0.2, 0.25) is 0 Å². The highest BCUT2D eigenvalue weighted by Gasteiger charge is 2.35. The van der Waals surface area contributed by atoms with Crippen LogP contribution in [0.25, 0.3) is 0 Å². The minimum Gasteiger partial charge on any atom is -0.492 e. The van der Waals surface area contributed by atoms with E-state index in [1.165, 1.54) is 11.3 Å². The standard InChI is InChI=1S/C22H29N3O3/c1-2-7-21(26)24-12-6-10-20(24)22-18-16-27-14-11-19(18)25(23-22)13-15-28-17-8-4-3-5-9-17/h3-5,8-9,20H,2,6-7,10-16H2,1H3. The van der Waals surface area contributed by atoms with Crippen molar-refractivity contribution in [2.75, 3.05) is 19.8 Å². The summed E-state index contributed by atoms with van der Waals surface area (Å²) in [6.07, 6.45) is 4.39. The summed E-state index contributed by atoms with van der Waals surface area (Å²) in [7, 11) is 0. The molecule has 6 nitrogen and oxygen atoms in total. The van der Waals surface area contributed by atoms with Crippen LogP contribution in [0, 0.1) is 0 Å². The van der Waals surface area contributed by atoms with Gasteiger partial charge in [-0.2, -0.15) is 5.10 Å². The molecule has 4 rings (SSSR count). The van der Waals surface area contributed by atoms with Gasteiger partial charge in [0.25, 0.3) is 0 Å². The van der Waals surface area contributed by atoms with Gasteiger partial charge in [-0.15, -0.1) is 0 Å². The van der Waals surface area contributed by atoms with Crippen molar-refractivity contribution >= 4 is 5.91 Å². The molecule has 1 fully saturated rings. The summed E-state index contributed by atoms with van der Waals surface area (Å²) in [5.74, 6) is 1.12. The molecule has 0 saturated carbocycles. The number of aromatic nitrogens is 2. The van der Waals surface area contributed by atoms with Gasteiger partial charge in [0.15, 0.2) is 0 Å². The molecule has 2 aliphatic heterocycles. The quantitative estimate of drug-likeness (QED) is 0.734. The summed E-state index contributed by atoms with van der Waals surface area (Å²) in [6, 6.07) is 9.95. The van der Waals surface area contributed by atoms with Crippen molar-refractivity contribution in [3.05, 3.63) is 47.3 Å². The molecule has 0 N–H and O–H groups in total. The van der Waals surface area contributed by atoms with Gasteiger partial charge in [-0.05, 0) is 31.4 Å². The first-order chi connectivity index (χ1) is 13.8. The first-order valence-corrected chi connectivity index (χ1v) is 10.4. The molecule has 1 aromatic carbocycles. The van der Waals surface area contributed by atoms with Gasteiger partial charge < -0.3 is 14.4 Å². The molecule has 150 valence electrons. The second-order valence-corrected chi connectivity index (χ2v) is 7.49. The molecule has 0 aliphatic carbocycles. The van der Waals surface area contributed by atoms with Crippen LogP contribution in [0.3, 0.4) is 0 Å². The van der Waals surface area contributed by atoms with Gasteiger partial charge in [0, 0.05) is 30.6 Å². The van der Waals surface area contributed by atoms with E-state index in [2.05, 4.69) is 11.6 Å². The highest BCUT2D eigenvalue weighted by molar-refractivity contribution is 5.77. The van der Waals surface area contributed by atoms with Gasteiger partial charge in [-0.1, -0.05) is 25.1 Å². The molecule has 1 aromatic heterocycles. The first kappa shape index (κ1) is 19.0. The Kier molecular flexibility index (Phi) is 5.95. The van der Waals surface area contributed by atoms with Gasteiger partial charge >= 0.3 is 0 Å². The van der Waals surface area contributed by atoms with Crippen LogP contribution in [-0.2, 0) is 29.1 Å². The average molecular weight is 383 g/mol. The number of hydrogen-bond acceptors (Lipinski definition) is 4. The van der Waals surface area contributed by atoms with Crippen LogP contribution in [-0.4, -0.2) is 40.3 Å². The Morgan fingerprint density at radius 2 is 2.18 bits per heavy atom. The van der Waals surface area contributed by atoms with Crippen LogP contribution in [0.1, 0.15) is 55.6 Å². The predicted octanol–water partition coefficient (Wildman–Crippen LogP) is 3.50. The third-order valence-corrected chi connectivity index (χ3v) is 5.59. The number of carbonyl (C=O) groups excluding carboxylic acids is 1. The number of amides is 1. The highest BCUT2D eigenvalue weighted by atomic mass is 16.5. The summed E-state index contributed by atoms with van der Waals surface area (Å²) in [5, 5.41) is 4.96. The van der Waals surface area contributed by atoms with Crippen LogP contribution in [0.5, 0.6) is 5.75 Å². The van der Waals surface area contributed by atoms with E-state index in [4.69, 9.17) is 14.6 Å². The van der Waals surface area contributed by atoms with Crippen molar-refractivity contribution in [3.63, 3.8) is 0 Å². The molecule has 1 saturated heterocycles. The van der Waals surface area contributed by atoms with Gasteiger partial charge in [0.1, 0.15) is 12.4 Å². The zero-order valence-electron chi connectivity index (χ0n) is 16.6. The molecule has 0 radical (unpaired) electrons. The Morgan fingerprint density at radius 1 is 1.32 bits per heavy atom. The summed E-state index contributed by atoms with van der Waals surface area (Å²) >= 11 is 0. The molecule has 2 aliphatic rings. The van der Waals surface area contributed by atoms with Gasteiger partial charge in [-0.25, -0.2) is 0 Å². The number of hydrogen-bond donors (Lipinski definition) is 0. The lowest BCUT2D eigenvalue weighted by molar-refractivity contribution is -0.132. The number of fused-ring (bicyclic) bond motifs is 1. The van der Waals surface area contributed by atoms with Crippen molar-refractivity contribution in [1.29, 1.82) is 0 Å². The largest absolute Gasteiger partial charge is 0.492 e. The van der Waals surface area contributed by atoms with Gasteiger partial charge in [0.05, 0.1) is 31.5 Å². The molecule has 6 heteroatoms. The van der Waals surface area contributed by atoms with E-state index in [-0.39, 0.29) is 11.9 Å². The lowest BCUT2D eigenvalue weighted by Crippen LogP contribution is -2.31. The van der Waals surface area contributed by atoms with Crippen molar-refractivity contribution in [1.82, 2.24) is 14.7 Å². The minimum atomic E-state index is 0.0887. The maximum atomic E-state index is 12.6. The fourth-order valence-corrected chi connectivity index (χ4v) is 4.26. The fourth-order valence-electron chi connectivity index (χ4n) is 4.26. The normalized spacial score (nSPS) is 18.9. The number of ether oxygens (including phenoxy) is 2. The van der Waals surface area contributed by atoms with Crippen LogP contribution >= 0.6 is 0 Å². The molecule has 0 spiro atoms. The van der Waals surface area contributed by atoms with Crippen molar-refractivity contribution < 1.29 is 14.3 Å². The van der Waals surface area contributed by atoms with E-state index in [1.54, 1.807) is 0 Å². The molecule has 1 atom stereocenters. The molecule has 0 bridgehead atoms. The van der Waals surface area contributed by atoms with E-state index in [9.17, 15) is 4.79 Å². The molecule has 3 heterocycles. The summed E-state index contributed by atoms with van der Waals surface area (Å²) in [5.41, 5.74) is 3.47. The lowest BCUT2D eigenvalue weighted by Gasteiger charge is -2.25. The third-order valence-electron chi connectivity index (χ3n) is 5.59. The third kappa shape index (κ3) is 3.92. The Hall–Kier alpha value is -2.34. The number of nitrogens with zero attached hydrogens (tertiary/aromatic N) is 3. The Balaban J connectivity index is 1.52. The van der Waals surface area contributed by atoms with Crippen LogP contribution in [0.4, 0.5) is 0 Å². The van der Waals surface area contributed by atoms with E-state index in [1.807, 2.05) is 35.2 Å². The van der Waals surface area contributed by atoms with Gasteiger partial charge in [0.2, 0.25) is 5.91 Å². The number of rotatable bonds is 7. The van der Waals surface area contributed by atoms with E-state index in [0.29, 0.717) is 26.2 Å². The zero-order chi connectivity index (χ0) is 19.3. The predicted molar refractivity (Wildman–Crippen MR) is 106 cm³/mol. The topological polar surface area (TPSA) is 56.6 Å². The second-order valence-electron chi connectivity index (χ2n) is 7.49. The Morgan fingerprint density at radius 3 is 3.00 bits per heavy atom. The Labute approximate surface area is 166 Å². The molecular weight excluding hydrogens is 354 g/mol. The average Bonchev–Trinajstić information content (AvgIpc) is 3.34. The highest BCUT2D eigenvalue weighted by Crippen LogP contribution is 2.36. The van der Waals surface area contributed by atoms with E-state index >= 15 is 0 Å². The first-order valence-electron chi connectivity index (χ1n) is 10.4. The molecule has 28 heavy (non-hydrogen) atoms. The maximum absolute atomic E-state index is 12.6. The van der Waals surface area contributed by atoms with Crippen molar-refractivity contribution in [2.45, 2.75) is 58.2 Å². The number of benzene rings is 1. The summed E-state index contributed by atoms with van der Waals surface area (Å²) < 4.78 is 13.7. The number of para-hydroxylation sites is 1. The molecule has 2 aromatic rings. The van der Waals surface area contributed by atoms with Crippen LogP contribution in [0.15, 0.2) is 30.3 Å². The molecule has 1 unspecified atom stereocenters. The SMILES string of the molecule is CCCC(=O)N1CCCC1c1nn(CCOc2ccccc2)c2c1COCC2. The maximum Gasteiger partial charge on any atom is 0.223 e. The molecule has 1 amide bonds. The zero-order valence-corrected chi connectivity index (χ0v) is 16.6. The minimum absolute atomic E-state index is 0.0887. The molecular formula is C22H29N3O3. The smallest absolute Gasteiger partial charge is 0.223 e. The summed E-state index contributed by atoms with van der Waals surface area (Å²) in [6.45, 7) is 5.48. The van der Waals surface area contributed by atoms with Crippen molar-refractivity contribution in [3.8, 4) is 5.75 Å². The van der Waals surface area contributed by atoms with Crippen LogP contribution < -0.4 is 4.74 Å². The monoisotopic (exact) mass is 383 g/mol. The van der Waals surface area contributed by atoms with Gasteiger partial charge in [-0.3, -0.25) is 9.48 Å². The van der Waals surface area contributed by atoms with E-state index < -0.39 is 0 Å². The lowest BCUT2D eigenvalue weighted by atomic mass is 10.0. The second kappa shape index (κ2) is 8.78. The van der Waals surface area contributed by atoms with Crippen molar-refractivity contribution in [2.24, 2.45) is 0 Å². The fraction of sp³-hybridized carbons (Fsp3) is 0.545. The number of likely N-dealkylation sites (tertiary alicyclic amines) is 1. The van der Waals surface area contributed by atoms with E-state index in [0.717, 1.165) is 50.3 Å².